The molecule has 1 atom stereocenters. The Kier molecular flexibility index (Phi) is 9.22. The highest BCUT2D eigenvalue weighted by Crippen LogP contribution is 2.39. The lowest BCUT2D eigenvalue weighted by atomic mass is 9.99. The van der Waals surface area contributed by atoms with Crippen molar-refractivity contribution in [3.05, 3.63) is 23.8 Å². The van der Waals surface area contributed by atoms with E-state index in [0.29, 0.717) is 0 Å². The average Bonchev–Trinajstić information content (AvgIpc) is 2.39. The minimum absolute atomic E-state index is 0.106. The molecule has 0 saturated carbocycles. The van der Waals surface area contributed by atoms with Crippen molar-refractivity contribution in [2.75, 3.05) is 0 Å². The third-order valence-electron chi connectivity index (χ3n) is 4.55. The van der Waals surface area contributed by atoms with Crippen molar-refractivity contribution >= 4 is 14.3 Å². The molecule has 0 aromatic heterocycles. The van der Waals surface area contributed by atoms with Crippen molar-refractivity contribution in [1.82, 2.24) is 0 Å². The third kappa shape index (κ3) is 7.80. The van der Waals surface area contributed by atoms with Crippen LogP contribution >= 0.6 is 0 Å². The molecule has 0 rings (SSSR count). The van der Waals surface area contributed by atoms with Crippen LogP contribution in [0.25, 0.3) is 0 Å². The van der Waals surface area contributed by atoms with Crippen LogP contribution < -0.4 is 0 Å². The number of ether oxygens (including phenoxy) is 1. The summed E-state index contributed by atoms with van der Waals surface area (Å²) in [5.41, 5.74) is 1.93. The monoisotopic (exact) mass is 354 g/mol. The van der Waals surface area contributed by atoms with Crippen molar-refractivity contribution in [2.45, 2.75) is 98.1 Å². The maximum Gasteiger partial charge on any atom is 0.331 e. The van der Waals surface area contributed by atoms with Gasteiger partial charge in [0.15, 0.2) is 8.32 Å². The van der Waals surface area contributed by atoms with Gasteiger partial charge < -0.3 is 9.16 Å². The molecule has 0 unspecified atom stereocenters. The lowest BCUT2D eigenvalue weighted by Crippen LogP contribution is -2.44. The van der Waals surface area contributed by atoms with Gasteiger partial charge >= 0.3 is 5.97 Å². The van der Waals surface area contributed by atoms with E-state index in [2.05, 4.69) is 47.4 Å². The Labute approximate surface area is 150 Å². The summed E-state index contributed by atoms with van der Waals surface area (Å²) in [4.78, 5) is 12.0. The van der Waals surface area contributed by atoms with Gasteiger partial charge in [0.25, 0.3) is 0 Å². The zero-order chi connectivity index (χ0) is 19.1. The number of rotatable bonds is 9. The lowest BCUT2D eigenvalue weighted by Gasteiger charge is -2.40. The van der Waals surface area contributed by atoms with Gasteiger partial charge in [-0.15, -0.1) is 0 Å². The zero-order valence-electron chi connectivity index (χ0n) is 17.3. The Morgan fingerprint density at radius 2 is 1.79 bits per heavy atom. The smallest absolute Gasteiger partial charge is 0.331 e. The summed E-state index contributed by atoms with van der Waals surface area (Å²) in [5.74, 6) is -0.311. The molecule has 0 aliphatic heterocycles. The molecule has 140 valence electrons. The van der Waals surface area contributed by atoms with E-state index in [4.69, 9.17) is 9.16 Å². The van der Waals surface area contributed by atoms with Crippen LogP contribution in [0.2, 0.25) is 18.1 Å². The molecule has 0 bridgehead atoms. The van der Waals surface area contributed by atoms with Gasteiger partial charge in [-0.1, -0.05) is 40.7 Å². The van der Waals surface area contributed by atoms with Crippen LogP contribution in [0, 0.1) is 0 Å². The van der Waals surface area contributed by atoms with Gasteiger partial charge in [-0.05, 0) is 62.9 Å². The lowest BCUT2D eigenvalue weighted by molar-refractivity contribution is -0.141. The summed E-state index contributed by atoms with van der Waals surface area (Å²) in [6, 6.07) is 0. The molecular formula is C20H38O3Si. The first-order chi connectivity index (χ1) is 10.8. The van der Waals surface area contributed by atoms with Gasteiger partial charge in [0.05, 0.1) is 12.2 Å². The zero-order valence-corrected chi connectivity index (χ0v) is 18.3. The molecule has 0 heterocycles. The molecule has 0 aromatic rings. The first kappa shape index (κ1) is 23.1. The second-order valence-corrected chi connectivity index (χ2v) is 13.2. The van der Waals surface area contributed by atoms with Gasteiger partial charge in [0.1, 0.15) is 0 Å². The van der Waals surface area contributed by atoms with Crippen molar-refractivity contribution < 1.29 is 14.0 Å². The maximum atomic E-state index is 12.0. The van der Waals surface area contributed by atoms with Gasteiger partial charge in [0.2, 0.25) is 0 Å². The number of carbonyl (C=O) groups excluding carboxylic acids is 1. The van der Waals surface area contributed by atoms with E-state index in [1.165, 1.54) is 0 Å². The minimum Gasteiger partial charge on any atom is -0.460 e. The second kappa shape index (κ2) is 9.57. The Balaban J connectivity index is 5.44. The predicted octanol–water partition coefficient (Wildman–Crippen LogP) is 6.02. The van der Waals surface area contributed by atoms with Crippen molar-refractivity contribution in [3.8, 4) is 0 Å². The van der Waals surface area contributed by atoms with Gasteiger partial charge in [-0.25, -0.2) is 4.79 Å². The summed E-state index contributed by atoms with van der Waals surface area (Å²) in [7, 11) is -1.97. The van der Waals surface area contributed by atoms with Crippen LogP contribution in [-0.4, -0.2) is 26.5 Å². The number of carbonyl (C=O) groups is 1. The molecule has 0 radical (unpaired) electrons. The Hall–Kier alpha value is -0.873. The molecule has 0 saturated heterocycles. The molecule has 0 amide bonds. The highest BCUT2D eigenvalue weighted by atomic mass is 28.4. The molecule has 0 aliphatic rings. The fourth-order valence-corrected chi connectivity index (χ4v) is 3.33. The van der Waals surface area contributed by atoms with E-state index >= 15 is 0 Å². The molecular weight excluding hydrogens is 316 g/mol. The van der Waals surface area contributed by atoms with Crippen LogP contribution in [0.4, 0.5) is 0 Å². The topological polar surface area (TPSA) is 35.5 Å². The van der Waals surface area contributed by atoms with Crippen molar-refractivity contribution in [1.29, 1.82) is 0 Å². The molecule has 0 aromatic carbocycles. The van der Waals surface area contributed by atoms with E-state index in [0.717, 1.165) is 30.4 Å². The van der Waals surface area contributed by atoms with Crippen molar-refractivity contribution in [2.24, 2.45) is 0 Å². The Morgan fingerprint density at radius 3 is 2.21 bits per heavy atom. The van der Waals surface area contributed by atoms with E-state index in [-0.39, 0.29) is 23.2 Å². The molecule has 0 aliphatic carbocycles. The van der Waals surface area contributed by atoms with E-state index in [1.807, 2.05) is 20.8 Å². The van der Waals surface area contributed by atoms with E-state index in [1.54, 1.807) is 6.08 Å². The minimum atomic E-state index is -1.97. The summed E-state index contributed by atoms with van der Waals surface area (Å²) >= 11 is 0. The molecule has 0 fully saturated rings. The summed E-state index contributed by atoms with van der Waals surface area (Å²) in [6.45, 7) is 23.2. The average molecular weight is 355 g/mol. The quantitative estimate of drug-likeness (QED) is 0.220. The largest absolute Gasteiger partial charge is 0.460 e. The highest BCUT2D eigenvalue weighted by molar-refractivity contribution is 6.74. The van der Waals surface area contributed by atoms with E-state index in [9.17, 15) is 4.79 Å². The number of hydrogen-bond donors (Lipinski definition) is 0. The van der Waals surface area contributed by atoms with Crippen LogP contribution in [-0.2, 0) is 14.0 Å². The predicted molar refractivity (Wildman–Crippen MR) is 106 cm³/mol. The fourth-order valence-electron chi connectivity index (χ4n) is 2.03. The van der Waals surface area contributed by atoms with Gasteiger partial charge in [0, 0.05) is 6.08 Å². The third-order valence-corrected chi connectivity index (χ3v) is 8.99. The molecule has 0 spiro atoms. The van der Waals surface area contributed by atoms with Gasteiger partial charge in [-0.3, -0.25) is 0 Å². The summed E-state index contributed by atoms with van der Waals surface area (Å²) in [5, 5.41) is 0.106. The normalized spacial score (nSPS) is 14.7. The number of unbranched alkanes of at least 4 members (excludes halogenated alkanes) is 1. The molecule has 3 nitrogen and oxygen atoms in total. The first-order valence-electron chi connectivity index (χ1n) is 9.06. The van der Waals surface area contributed by atoms with Gasteiger partial charge in [-0.2, -0.15) is 0 Å². The summed E-state index contributed by atoms with van der Waals surface area (Å²) < 4.78 is 11.8. The van der Waals surface area contributed by atoms with Crippen LogP contribution in [0.15, 0.2) is 23.8 Å². The SMILES string of the molecule is C=C(CCCC)[C@H](O[Si](C)(C)C(C)(C)C)/C(C)=C/C(=O)OC(C)C. The Bertz CT molecular complexity index is 456. The van der Waals surface area contributed by atoms with Crippen LogP contribution in [0.1, 0.15) is 67.7 Å². The molecule has 24 heavy (non-hydrogen) atoms. The first-order valence-corrected chi connectivity index (χ1v) is 12.0. The molecule has 4 heteroatoms. The van der Waals surface area contributed by atoms with Crippen LogP contribution in [0.5, 0.6) is 0 Å². The number of esters is 1. The highest BCUT2D eigenvalue weighted by Gasteiger charge is 2.40. The summed E-state index contributed by atoms with van der Waals surface area (Å²) in [6.07, 6.45) is 4.35. The Morgan fingerprint density at radius 1 is 1.25 bits per heavy atom. The maximum absolute atomic E-state index is 12.0. The van der Waals surface area contributed by atoms with E-state index < -0.39 is 8.32 Å². The van der Waals surface area contributed by atoms with Crippen LogP contribution in [0.3, 0.4) is 0 Å². The fraction of sp³-hybridized carbons (Fsp3) is 0.750. The number of hydrogen-bond acceptors (Lipinski definition) is 3. The van der Waals surface area contributed by atoms with Crippen molar-refractivity contribution in [3.63, 3.8) is 0 Å². The standard InChI is InChI=1S/C20H38O3Si/c1-11-12-13-16(4)19(23-24(9,10)20(6,7)8)17(5)14-18(21)22-15(2)3/h14-15,19H,4,11-13H2,1-3,5-10H3/b17-14+/t19-/m0/s1. The molecule has 0 N–H and O–H groups in total. The second-order valence-electron chi connectivity index (χ2n) is 8.39.